The van der Waals surface area contributed by atoms with Crippen molar-refractivity contribution in [2.75, 3.05) is 31.1 Å². The van der Waals surface area contributed by atoms with E-state index >= 15 is 0 Å². The molecular formula is C21H21ClN4O2. The van der Waals surface area contributed by atoms with Crippen LogP contribution in [0.3, 0.4) is 0 Å². The molecule has 0 N–H and O–H groups in total. The van der Waals surface area contributed by atoms with Crippen molar-refractivity contribution in [3.8, 4) is 11.3 Å². The first-order valence-corrected chi connectivity index (χ1v) is 9.68. The quantitative estimate of drug-likeness (QED) is 0.668. The van der Waals surface area contributed by atoms with Gasteiger partial charge in [0.15, 0.2) is 0 Å². The second kappa shape index (κ2) is 8.02. The Labute approximate surface area is 168 Å². The highest BCUT2D eigenvalue weighted by atomic mass is 35.5. The number of benzene rings is 1. The lowest BCUT2D eigenvalue weighted by atomic mass is 10.1. The van der Waals surface area contributed by atoms with Crippen molar-refractivity contribution in [2.45, 2.75) is 13.3 Å². The van der Waals surface area contributed by atoms with Crippen molar-refractivity contribution < 1.29 is 9.32 Å². The normalized spacial score (nSPS) is 14.8. The fourth-order valence-corrected chi connectivity index (χ4v) is 3.81. The number of para-hydroxylation sites is 1. The molecule has 0 unspecified atom stereocenters. The number of pyridine rings is 1. The molecule has 0 radical (unpaired) electrons. The Balaban J connectivity index is 1.55. The minimum absolute atomic E-state index is 0.0495. The highest BCUT2D eigenvalue weighted by molar-refractivity contribution is 6.33. The smallest absolute Gasteiger partial charge is 0.259 e. The molecule has 3 aromatic rings. The van der Waals surface area contributed by atoms with Crippen molar-refractivity contribution in [2.24, 2.45) is 0 Å². The summed E-state index contributed by atoms with van der Waals surface area (Å²) in [6.45, 7) is 4.65. The van der Waals surface area contributed by atoms with Crippen LogP contribution in [-0.2, 0) is 0 Å². The van der Waals surface area contributed by atoms with E-state index in [0.717, 1.165) is 35.8 Å². The third-order valence-corrected chi connectivity index (χ3v) is 5.33. The van der Waals surface area contributed by atoms with Crippen LogP contribution in [0, 0.1) is 6.92 Å². The highest BCUT2D eigenvalue weighted by Gasteiger charge is 2.28. The predicted molar refractivity (Wildman–Crippen MR) is 109 cm³/mol. The molecule has 6 nitrogen and oxygen atoms in total. The summed E-state index contributed by atoms with van der Waals surface area (Å²) in [7, 11) is 0. The maximum atomic E-state index is 13.3. The molecule has 0 bridgehead atoms. The molecule has 2 aromatic heterocycles. The molecule has 1 fully saturated rings. The number of hydrogen-bond acceptors (Lipinski definition) is 5. The van der Waals surface area contributed by atoms with Crippen LogP contribution in [0.2, 0.25) is 5.02 Å². The lowest BCUT2D eigenvalue weighted by Gasteiger charge is -2.24. The third kappa shape index (κ3) is 3.60. The van der Waals surface area contributed by atoms with Gasteiger partial charge in [0.2, 0.25) is 0 Å². The van der Waals surface area contributed by atoms with Gasteiger partial charge in [0.25, 0.3) is 5.91 Å². The Bertz CT molecular complexity index is 974. The van der Waals surface area contributed by atoms with Crippen LogP contribution in [0.15, 0.2) is 53.3 Å². The van der Waals surface area contributed by atoms with Gasteiger partial charge in [0, 0.05) is 44.1 Å². The Kier molecular flexibility index (Phi) is 5.30. The fraction of sp³-hybridized carbons (Fsp3) is 0.286. The Morgan fingerprint density at radius 2 is 1.86 bits per heavy atom. The number of hydrogen-bond donors (Lipinski definition) is 0. The summed E-state index contributed by atoms with van der Waals surface area (Å²) < 4.78 is 5.35. The number of aryl methyl sites for hydroxylation is 1. The van der Waals surface area contributed by atoms with Gasteiger partial charge in [-0.2, -0.15) is 0 Å². The van der Waals surface area contributed by atoms with Gasteiger partial charge in [0.1, 0.15) is 17.0 Å². The second-order valence-corrected chi connectivity index (χ2v) is 7.19. The molecule has 0 saturated carbocycles. The van der Waals surface area contributed by atoms with Gasteiger partial charge < -0.3 is 14.3 Å². The fourth-order valence-electron chi connectivity index (χ4n) is 3.56. The summed E-state index contributed by atoms with van der Waals surface area (Å²) >= 11 is 6.35. The van der Waals surface area contributed by atoms with E-state index in [1.165, 1.54) is 0 Å². The number of carbonyl (C=O) groups is 1. The van der Waals surface area contributed by atoms with E-state index in [1.54, 1.807) is 19.3 Å². The molecule has 7 heteroatoms. The molecule has 0 aliphatic carbocycles. The van der Waals surface area contributed by atoms with Crippen molar-refractivity contribution in [3.05, 3.63) is 65.1 Å². The monoisotopic (exact) mass is 396 g/mol. The van der Waals surface area contributed by atoms with Crippen molar-refractivity contribution >= 4 is 23.2 Å². The molecule has 3 heterocycles. The second-order valence-electron chi connectivity index (χ2n) is 6.78. The number of nitrogens with zero attached hydrogens (tertiary/aromatic N) is 4. The van der Waals surface area contributed by atoms with Gasteiger partial charge in [-0.15, -0.1) is 0 Å². The van der Waals surface area contributed by atoms with E-state index in [2.05, 4.69) is 15.0 Å². The minimum atomic E-state index is -0.0495. The first-order valence-electron chi connectivity index (χ1n) is 9.30. The SMILES string of the molecule is Cc1onc(-c2ccncc2)c1C(=O)N1CCCN(c2ccccc2Cl)CC1. The summed E-state index contributed by atoms with van der Waals surface area (Å²) in [6.07, 6.45) is 4.23. The Morgan fingerprint density at radius 1 is 1.07 bits per heavy atom. The van der Waals surface area contributed by atoms with Crippen LogP contribution < -0.4 is 4.90 Å². The van der Waals surface area contributed by atoms with Gasteiger partial charge in [-0.1, -0.05) is 28.9 Å². The van der Waals surface area contributed by atoms with Crippen LogP contribution in [0.1, 0.15) is 22.5 Å². The predicted octanol–water partition coefficient (Wildman–Crippen LogP) is 4.05. The zero-order valence-corrected chi connectivity index (χ0v) is 16.4. The van der Waals surface area contributed by atoms with Crippen molar-refractivity contribution in [3.63, 3.8) is 0 Å². The van der Waals surface area contributed by atoms with Gasteiger partial charge in [-0.05, 0) is 37.6 Å². The van der Waals surface area contributed by atoms with Gasteiger partial charge >= 0.3 is 0 Å². The third-order valence-electron chi connectivity index (χ3n) is 5.01. The molecule has 1 amide bonds. The Morgan fingerprint density at radius 3 is 2.64 bits per heavy atom. The van der Waals surface area contributed by atoms with E-state index in [-0.39, 0.29) is 5.91 Å². The average Bonchev–Trinajstić information content (AvgIpc) is 2.94. The van der Waals surface area contributed by atoms with Crippen LogP contribution in [-0.4, -0.2) is 47.1 Å². The van der Waals surface area contributed by atoms with Gasteiger partial charge in [0.05, 0.1) is 10.7 Å². The van der Waals surface area contributed by atoms with Crippen LogP contribution in [0.4, 0.5) is 5.69 Å². The van der Waals surface area contributed by atoms with E-state index in [9.17, 15) is 4.79 Å². The number of carbonyl (C=O) groups excluding carboxylic acids is 1. The summed E-state index contributed by atoms with van der Waals surface area (Å²) in [6, 6.07) is 11.5. The number of amides is 1. The zero-order chi connectivity index (χ0) is 19.5. The zero-order valence-electron chi connectivity index (χ0n) is 15.6. The van der Waals surface area contributed by atoms with Crippen LogP contribution in [0.5, 0.6) is 0 Å². The molecule has 4 rings (SSSR count). The van der Waals surface area contributed by atoms with E-state index in [4.69, 9.17) is 16.1 Å². The molecule has 1 aromatic carbocycles. The summed E-state index contributed by atoms with van der Waals surface area (Å²) in [4.78, 5) is 21.4. The maximum Gasteiger partial charge on any atom is 0.259 e. The molecule has 1 aliphatic rings. The average molecular weight is 397 g/mol. The van der Waals surface area contributed by atoms with Crippen molar-refractivity contribution in [1.29, 1.82) is 0 Å². The van der Waals surface area contributed by atoms with E-state index in [0.29, 0.717) is 30.1 Å². The van der Waals surface area contributed by atoms with E-state index < -0.39 is 0 Å². The molecular weight excluding hydrogens is 376 g/mol. The molecule has 1 aliphatic heterocycles. The number of aromatic nitrogens is 2. The standard InChI is InChI=1S/C21H21ClN4O2/c1-15-19(20(24-28-15)16-7-9-23-10-8-16)21(27)26-12-4-11-25(13-14-26)18-6-3-2-5-17(18)22/h2-3,5-10H,4,11-14H2,1H3. The topological polar surface area (TPSA) is 62.5 Å². The summed E-state index contributed by atoms with van der Waals surface area (Å²) in [5.41, 5.74) is 2.93. The highest BCUT2D eigenvalue weighted by Crippen LogP contribution is 2.28. The van der Waals surface area contributed by atoms with Crippen molar-refractivity contribution in [1.82, 2.24) is 15.0 Å². The molecule has 28 heavy (non-hydrogen) atoms. The van der Waals surface area contributed by atoms with Crippen LogP contribution >= 0.6 is 11.6 Å². The Hall–Kier alpha value is -2.86. The first kappa shape index (κ1) is 18.5. The lowest BCUT2D eigenvalue weighted by Crippen LogP contribution is -2.35. The molecule has 144 valence electrons. The minimum Gasteiger partial charge on any atom is -0.368 e. The summed E-state index contributed by atoms with van der Waals surface area (Å²) in [5.74, 6) is 0.482. The maximum absolute atomic E-state index is 13.3. The molecule has 1 saturated heterocycles. The molecule has 0 spiro atoms. The van der Waals surface area contributed by atoms with Crippen LogP contribution in [0.25, 0.3) is 11.3 Å². The summed E-state index contributed by atoms with van der Waals surface area (Å²) in [5, 5.41) is 4.85. The largest absolute Gasteiger partial charge is 0.368 e. The number of anilines is 1. The molecule has 0 atom stereocenters. The number of halogens is 1. The van der Waals surface area contributed by atoms with E-state index in [1.807, 2.05) is 41.3 Å². The van der Waals surface area contributed by atoms with Gasteiger partial charge in [-0.3, -0.25) is 9.78 Å². The lowest BCUT2D eigenvalue weighted by molar-refractivity contribution is 0.0766. The first-order chi connectivity index (χ1) is 13.6. The number of rotatable bonds is 3. The van der Waals surface area contributed by atoms with Gasteiger partial charge in [-0.25, -0.2) is 0 Å².